The summed E-state index contributed by atoms with van der Waals surface area (Å²) in [5, 5.41) is 12.2. The lowest BCUT2D eigenvalue weighted by molar-refractivity contribution is 0.201. The lowest BCUT2D eigenvalue weighted by Gasteiger charge is -2.20. The Bertz CT molecular complexity index is 368. The van der Waals surface area contributed by atoms with Crippen molar-refractivity contribution in [3.63, 3.8) is 0 Å². The van der Waals surface area contributed by atoms with Crippen LogP contribution in [0.2, 0.25) is 0 Å². The van der Waals surface area contributed by atoms with Gasteiger partial charge in [-0.1, -0.05) is 0 Å². The van der Waals surface area contributed by atoms with Gasteiger partial charge in [0.1, 0.15) is 0 Å². The number of aromatic nitrogens is 3. The van der Waals surface area contributed by atoms with Crippen LogP contribution in [0.25, 0.3) is 0 Å². The van der Waals surface area contributed by atoms with Crippen LogP contribution in [0.5, 0.6) is 0 Å². The Balaban J connectivity index is 3.01. The summed E-state index contributed by atoms with van der Waals surface area (Å²) in [7, 11) is 7.33. The predicted molar refractivity (Wildman–Crippen MR) is 68.7 cm³/mol. The quantitative estimate of drug-likeness (QED) is 0.737. The third-order valence-electron chi connectivity index (χ3n) is 2.11. The number of hydrogen-bond donors (Lipinski definition) is 2. The monoisotopic (exact) mass is 240 g/mol. The zero-order chi connectivity index (χ0) is 13.0. The molecule has 7 nitrogen and oxygen atoms in total. The number of likely N-dealkylation sites (N-methyl/N-ethyl adjacent to an activating group) is 1. The van der Waals surface area contributed by atoms with Gasteiger partial charge in [0.25, 0.3) is 0 Å². The molecule has 7 heteroatoms. The Morgan fingerprint density at radius 1 is 1.18 bits per heavy atom. The molecule has 17 heavy (non-hydrogen) atoms. The van der Waals surface area contributed by atoms with Crippen LogP contribution < -0.4 is 15.1 Å². The van der Waals surface area contributed by atoms with Crippen LogP contribution in [0.3, 0.4) is 0 Å². The maximum atomic E-state index is 9.35. The molecule has 0 aliphatic rings. The molecule has 0 saturated carbocycles. The van der Waals surface area contributed by atoms with Gasteiger partial charge in [-0.2, -0.15) is 15.0 Å². The van der Waals surface area contributed by atoms with Gasteiger partial charge < -0.3 is 20.2 Å². The van der Waals surface area contributed by atoms with E-state index in [0.717, 1.165) is 0 Å². The third kappa shape index (κ3) is 3.70. The highest BCUT2D eigenvalue weighted by Gasteiger charge is 2.12. The van der Waals surface area contributed by atoms with E-state index < -0.39 is 6.10 Å². The fraction of sp³-hybridized carbons (Fsp3) is 0.700. The van der Waals surface area contributed by atoms with Crippen LogP contribution in [0.1, 0.15) is 6.92 Å². The van der Waals surface area contributed by atoms with Crippen LogP contribution in [0.15, 0.2) is 0 Å². The van der Waals surface area contributed by atoms with Gasteiger partial charge >= 0.3 is 0 Å². The molecular formula is C10H20N6O. The largest absolute Gasteiger partial charge is 0.392 e. The van der Waals surface area contributed by atoms with Gasteiger partial charge in [0.15, 0.2) is 0 Å². The van der Waals surface area contributed by atoms with Gasteiger partial charge in [-0.05, 0) is 6.92 Å². The number of aliphatic hydroxyl groups excluding tert-OH is 1. The van der Waals surface area contributed by atoms with E-state index in [4.69, 9.17) is 0 Å². The van der Waals surface area contributed by atoms with E-state index in [2.05, 4.69) is 20.3 Å². The van der Waals surface area contributed by atoms with Crippen molar-refractivity contribution in [2.75, 3.05) is 49.9 Å². The highest BCUT2D eigenvalue weighted by atomic mass is 16.3. The van der Waals surface area contributed by atoms with Crippen molar-refractivity contribution in [2.45, 2.75) is 13.0 Å². The second kappa shape index (κ2) is 5.62. The van der Waals surface area contributed by atoms with Gasteiger partial charge in [-0.3, -0.25) is 0 Å². The van der Waals surface area contributed by atoms with E-state index in [1.54, 1.807) is 18.9 Å². The van der Waals surface area contributed by atoms with E-state index in [0.29, 0.717) is 24.4 Å². The minimum Gasteiger partial charge on any atom is -0.392 e. The van der Waals surface area contributed by atoms with Gasteiger partial charge in [-0.25, -0.2) is 0 Å². The van der Waals surface area contributed by atoms with Crippen molar-refractivity contribution in [3.05, 3.63) is 0 Å². The second-order valence-corrected chi connectivity index (χ2v) is 4.13. The summed E-state index contributed by atoms with van der Waals surface area (Å²) in [6.45, 7) is 2.20. The van der Waals surface area contributed by atoms with Gasteiger partial charge in [0.2, 0.25) is 17.8 Å². The topological polar surface area (TPSA) is 77.4 Å². The number of nitrogens with zero attached hydrogens (tertiary/aromatic N) is 5. The zero-order valence-corrected chi connectivity index (χ0v) is 11.0. The summed E-state index contributed by atoms with van der Waals surface area (Å²) in [6.07, 6.45) is -0.433. The van der Waals surface area contributed by atoms with E-state index in [1.807, 2.05) is 26.0 Å². The fourth-order valence-corrected chi connectivity index (χ4v) is 1.31. The number of nitrogens with one attached hydrogen (secondary N) is 1. The maximum Gasteiger partial charge on any atom is 0.231 e. The van der Waals surface area contributed by atoms with E-state index in [-0.39, 0.29) is 0 Å². The SMILES string of the molecule is CNc1nc(N(C)C)nc(N(C)CC(C)O)n1. The van der Waals surface area contributed by atoms with Gasteiger partial charge in [0.05, 0.1) is 6.10 Å². The number of hydrogen-bond acceptors (Lipinski definition) is 7. The molecule has 0 spiro atoms. The fourth-order valence-electron chi connectivity index (χ4n) is 1.31. The van der Waals surface area contributed by atoms with Crippen molar-refractivity contribution in [1.29, 1.82) is 0 Å². The molecule has 0 bridgehead atoms. The first-order valence-corrected chi connectivity index (χ1v) is 5.44. The molecule has 1 heterocycles. The molecule has 0 radical (unpaired) electrons. The molecule has 0 amide bonds. The molecule has 2 N–H and O–H groups in total. The van der Waals surface area contributed by atoms with Gasteiger partial charge in [0, 0.05) is 34.7 Å². The number of anilines is 3. The molecule has 0 aromatic carbocycles. The summed E-state index contributed by atoms with van der Waals surface area (Å²) >= 11 is 0. The second-order valence-electron chi connectivity index (χ2n) is 4.13. The molecule has 0 aliphatic carbocycles. The standard InChI is InChI=1S/C10H20N6O/c1-7(17)6-16(5)10-13-8(11-2)12-9(14-10)15(3)4/h7,17H,6H2,1-5H3,(H,11,12,13,14). The molecular weight excluding hydrogens is 220 g/mol. The van der Waals surface area contributed by atoms with E-state index >= 15 is 0 Å². The summed E-state index contributed by atoms with van der Waals surface area (Å²) < 4.78 is 0. The van der Waals surface area contributed by atoms with E-state index in [9.17, 15) is 5.11 Å². The Kier molecular flexibility index (Phi) is 4.45. The third-order valence-corrected chi connectivity index (χ3v) is 2.11. The van der Waals surface area contributed by atoms with Crippen molar-refractivity contribution in [1.82, 2.24) is 15.0 Å². The van der Waals surface area contributed by atoms with Crippen molar-refractivity contribution in [2.24, 2.45) is 0 Å². The van der Waals surface area contributed by atoms with Crippen LogP contribution >= 0.6 is 0 Å². The molecule has 0 aliphatic heterocycles. The first-order valence-electron chi connectivity index (χ1n) is 5.44. The zero-order valence-electron chi connectivity index (χ0n) is 11.0. The van der Waals surface area contributed by atoms with Crippen LogP contribution in [-0.2, 0) is 0 Å². The molecule has 0 saturated heterocycles. The Hall–Kier alpha value is -1.63. The number of rotatable bonds is 5. The minimum absolute atomic E-state index is 0.433. The molecule has 1 atom stereocenters. The summed E-state index contributed by atoms with van der Waals surface area (Å²) in [5.41, 5.74) is 0. The highest BCUT2D eigenvalue weighted by molar-refractivity contribution is 5.43. The molecule has 1 rings (SSSR count). The van der Waals surface area contributed by atoms with Crippen molar-refractivity contribution in [3.8, 4) is 0 Å². The highest BCUT2D eigenvalue weighted by Crippen LogP contribution is 2.13. The minimum atomic E-state index is -0.433. The summed E-state index contributed by atoms with van der Waals surface area (Å²) in [4.78, 5) is 16.4. The average molecular weight is 240 g/mol. The van der Waals surface area contributed by atoms with Crippen LogP contribution in [0, 0.1) is 0 Å². The normalized spacial score (nSPS) is 12.1. The Labute approximate surface area is 102 Å². The lowest BCUT2D eigenvalue weighted by Crippen LogP contribution is -2.29. The van der Waals surface area contributed by atoms with Crippen molar-refractivity contribution < 1.29 is 5.11 Å². The van der Waals surface area contributed by atoms with Crippen molar-refractivity contribution >= 4 is 17.8 Å². The lowest BCUT2D eigenvalue weighted by atomic mass is 10.4. The first kappa shape index (κ1) is 13.4. The van der Waals surface area contributed by atoms with Crippen LogP contribution in [0.4, 0.5) is 17.8 Å². The average Bonchev–Trinajstić information content (AvgIpc) is 2.27. The summed E-state index contributed by atoms with van der Waals surface area (Å²) in [5.74, 6) is 1.63. The number of aliphatic hydroxyl groups is 1. The predicted octanol–water partition coefficient (Wildman–Crippen LogP) is -0.204. The first-order chi connectivity index (χ1) is 7.93. The van der Waals surface area contributed by atoms with E-state index in [1.165, 1.54) is 0 Å². The molecule has 0 fully saturated rings. The molecule has 1 aromatic heterocycles. The van der Waals surface area contributed by atoms with Gasteiger partial charge in [-0.15, -0.1) is 0 Å². The molecule has 1 unspecified atom stereocenters. The molecule has 96 valence electrons. The maximum absolute atomic E-state index is 9.35. The molecule has 1 aromatic rings. The van der Waals surface area contributed by atoms with Crippen LogP contribution in [-0.4, -0.2) is 60.9 Å². The Morgan fingerprint density at radius 2 is 1.76 bits per heavy atom. The summed E-state index contributed by atoms with van der Waals surface area (Å²) in [6, 6.07) is 0. The smallest absolute Gasteiger partial charge is 0.231 e. The Morgan fingerprint density at radius 3 is 2.24 bits per heavy atom.